The summed E-state index contributed by atoms with van der Waals surface area (Å²) in [5.74, 6) is -2.51. The topological polar surface area (TPSA) is 195 Å². The molecule has 4 heterocycles. The van der Waals surface area contributed by atoms with Crippen molar-refractivity contribution in [3.63, 3.8) is 0 Å². The average molecular weight is 621 g/mol. The second kappa shape index (κ2) is 11.4. The molecule has 0 aliphatic carbocycles. The highest BCUT2D eigenvalue weighted by atomic mass is 32.2. The molecule has 0 bridgehead atoms. The molecule has 5 N–H and O–H groups in total. The van der Waals surface area contributed by atoms with Crippen LogP contribution in [0.15, 0.2) is 71.0 Å². The zero-order valence-corrected chi connectivity index (χ0v) is 24.1. The van der Waals surface area contributed by atoms with Crippen LogP contribution in [0.2, 0.25) is 0 Å². The lowest BCUT2D eigenvalue weighted by Crippen LogP contribution is -2.71. The summed E-state index contributed by atoms with van der Waals surface area (Å²) in [5, 5.41) is 32.9. The molecule has 0 radical (unpaired) electrons. The number of thioether (sulfide) groups is 2. The summed E-state index contributed by atoms with van der Waals surface area (Å²) in [6.45, 7) is 0. The van der Waals surface area contributed by atoms with E-state index in [1.54, 1.807) is 42.2 Å². The Balaban J connectivity index is 1.20. The number of aryl methyl sites for hydroxylation is 1. The number of aromatic hydroxyl groups is 1. The second-order valence-electron chi connectivity index (χ2n) is 9.74. The molecule has 1 saturated heterocycles. The van der Waals surface area contributed by atoms with Crippen molar-refractivity contribution in [2.24, 2.45) is 7.05 Å². The van der Waals surface area contributed by atoms with Crippen LogP contribution < -0.4 is 10.6 Å². The molecule has 3 amide bonds. The summed E-state index contributed by atoms with van der Waals surface area (Å²) in [7, 11) is 1.73. The molecular weight excluding hydrogens is 596 g/mol. The van der Waals surface area contributed by atoms with Crippen molar-refractivity contribution in [2.45, 2.75) is 22.5 Å². The zero-order valence-electron chi connectivity index (χ0n) is 22.4. The molecule has 6 rings (SSSR count). The Morgan fingerprint density at radius 2 is 1.95 bits per heavy atom. The van der Waals surface area contributed by atoms with Gasteiger partial charge in [0.1, 0.15) is 33.9 Å². The zero-order chi connectivity index (χ0) is 30.2. The third kappa shape index (κ3) is 5.41. The summed E-state index contributed by atoms with van der Waals surface area (Å²) in [6, 6.07) is 10.5. The summed E-state index contributed by atoms with van der Waals surface area (Å²) in [4.78, 5) is 60.6. The molecule has 2 aliphatic heterocycles. The number of amides is 3. The van der Waals surface area contributed by atoms with Crippen molar-refractivity contribution < 1.29 is 29.4 Å². The van der Waals surface area contributed by atoms with Crippen LogP contribution >= 0.6 is 23.5 Å². The first-order chi connectivity index (χ1) is 20.7. The van der Waals surface area contributed by atoms with E-state index in [-0.39, 0.29) is 17.3 Å². The van der Waals surface area contributed by atoms with Crippen molar-refractivity contribution in [3.05, 3.63) is 77.4 Å². The minimum absolute atomic E-state index is 0.00458. The number of hydrogen-bond donors (Lipinski definition) is 5. The maximum atomic E-state index is 13.6. The number of aromatic amines is 1. The highest BCUT2D eigenvalue weighted by molar-refractivity contribution is 8.01. The first kappa shape index (κ1) is 28.3. The Labute approximate surface area is 251 Å². The lowest BCUT2D eigenvalue weighted by atomic mass is 10.0. The van der Waals surface area contributed by atoms with E-state index in [9.17, 15) is 29.4 Å². The molecule has 4 aromatic rings. The number of β-lactam (4-membered cyclic amide) rings is 1. The fourth-order valence-electron chi connectivity index (χ4n) is 4.83. The number of rotatable bonds is 9. The van der Waals surface area contributed by atoms with Gasteiger partial charge in [0.15, 0.2) is 5.82 Å². The number of benzene rings is 2. The minimum atomic E-state index is -1.24. The third-order valence-corrected chi connectivity index (χ3v) is 9.48. The number of hydrogen-bond acceptors (Lipinski definition) is 10. The number of phenols is 1. The van der Waals surface area contributed by atoms with Crippen LogP contribution in [0.5, 0.6) is 5.75 Å². The largest absolute Gasteiger partial charge is 0.508 e. The smallest absolute Gasteiger partial charge is 0.352 e. The number of para-hydroxylation sites is 2. The quantitative estimate of drug-likeness (QED) is 0.134. The number of fused-ring (bicyclic) bond motifs is 2. The SMILES string of the molecule is Cn1nncc1SCC1=C(C(=O)O)N2C(=O)C(NC(=O)C(NC(=O)c3nc4ccccc4[nH]3)c3ccc(O)cc3)[C@H]2SC1. The van der Waals surface area contributed by atoms with Gasteiger partial charge in [-0.1, -0.05) is 29.5 Å². The van der Waals surface area contributed by atoms with E-state index in [1.807, 2.05) is 0 Å². The molecule has 220 valence electrons. The maximum Gasteiger partial charge on any atom is 0.352 e. The normalized spacial score (nSPS) is 18.6. The van der Waals surface area contributed by atoms with Crippen molar-refractivity contribution >= 4 is 58.2 Å². The molecule has 2 aromatic heterocycles. The van der Waals surface area contributed by atoms with E-state index < -0.39 is 41.1 Å². The van der Waals surface area contributed by atoms with Crippen LogP contribution in [-0.2, 0) is 21.4 Å². The van der Waals surface area contributed by atoms with Gasteiger partial charge in [0, 0.05) is 18.6 Å². The van der Waals surface area contributed by atoms with Crippen LogP contribution in [0.3, 0.4) is 0 Å². The molecule has 14 nitrogen and oxygen atoms in total. The molecule has 2 aromatic carbocycles. The molecule has 0 spiro atoms. The van der Waals surface area contributed by atoms with Crippen LogP contribution in [0, 0.1) is 0 Å². The van der Waals surface area contributed by atoms with Gasteiger partial charge in [0.05, 0.1) is 17.2 Å². The van der Waals surface area contributed by atoms with Crippen molar-refractivity contribution in [3.8, 4) is 5.75 Å². The number of phenolic OH excluding ortho intramolecular Hbond substituents is 1. The van der Waals surface area contributed by atoms with Crippen LogP contribution in [0.1, 0.15) is 22.2 Å². The first-order valence-corrected chi connectivity index (χ1v) is 15.0. The van der Waals surface area contributed by atoms with Crippen LogP contribution in [0.25, 0.3) is 11.0 Å². The second-order valence-corrected chi connectivity index (χ2v) is 11.8. The molecule has 2 unspecified atom stereocenters. The fraction of sp³-hybridized carbons (Fsp3) is 0.222. The molecular formula is C27H24N8O6S2. The predicted octanol–water partition coefficient (Wildman–Crippen LogP) is 1.40. The highest BCUT2D eigenvalue weighted by Gasteiger charge is 2.54. The predicted molar refractivity (Wildman–Crippen MR) is 156 cm³/mol. The number of nitrogens with zero attached hydrogens (tertiary/aromatic N) is 5. The van der Waals surface area contributed by atoms with E-state index in [2.05, 4.69) is 30.9 Å². The maximum absolute atomic E-state index is 13.6. The van der Waals surface area contributed by atoms with Crippen molar-refractivity contribution in [1.82, 2.24) is 40.5 Å². The number of carboxylic acid groups (broad SMARTS) is 1. The van der Waals surface area contributed by atoms with Gasteiger partial charge >= 0.3 is 5.97 Å². The number of aliphatic carboxylic acids is 1. The van der Waals surface area contributed by atoms with E-state index >= 15 is 0 Å². The van der Waals surface area contributed by atoms with Gasteiger partial charge < -0.3 is 25.8 Å². The lowest BCUT2D eigenvalue weighted by Gasteiger charge is -2.49. The van der Waals surface area contributed by atoms with Crippen molar-refractivity contribution in [1.29, 1.82) is 0 Å². The van der Waals surface area contributed by atoms with Gasteiger partial charge in [-0.15, -0.1) is 28.6 Å². The molecule has 43 heavy (non-hydrogen) atoms. The van der Waals surface area contributed by atoms with Crippen LogP contribution in [-0.4, -0.2) is 86.7 Å². The molecule has 3 atom stereocenters. The standard InChI is InChI=1S/C27H24N8O6S2/c1-34-18(10-28-33-34)42-11-14-12-43-26-20(25(39)35(26)21(14)27(40)41)32-23(37)19(13-6-8-15(36)9-7-13)31-24(38)22-29-16-4-2-3-5-17(16)30-22/h2-10,19-20,26,36H,11-12H2,1H3,(H,29,30)(H,31,38)(H,32,37)(H,40,41)/t19?,20?,26-/m1/s1. The van der Waals surface area contributed by atoms with Gasteiger partial charge in [-0.2, -0.15) is 0 Å². The number of carbonyl (C=O) groups is 4. The van der Waals surface area contributed by atoms with E-state index in [0.717, 1.165) is 5.03 Å². The summed E-state index contributed by atoms with van der Waals surface area (Å²) >= 11 is 2.70. The summed E-state index contributed by atoms with van der Waals surface area (Å²) < 4.78 is 1.57. The van der Waals surface area contributed by atoms with E-state index in [1.165, 1.54) is 52.7 Å². The van der Waals surface area contributed by atoms with Crippen LogP contribution in [0.4, 0.5) is 0 Å². The highest BCUT2D eigenvalue weighted by Crippen LogP contribution is 2.41. The minimum Gasteiger partial charge on any atom is -0.508 e. The Hall–Kier alpha value is -4.83. The fourth-order valence-corrected chi connectivity index (χ4v) is 7.21. The molecule has 16 heteroatoms. The third-order valence-electron chi connectivity index (χ3n) is 6.98. The Morgan fingerprint density at radius 3 is 2.65 bits per heavy atom. The van der Waals surface area contributed by atoms with E-state index in [0.29, 0.717) is 33.7 Å². The summed E-state index contributed by atoms with van der Waals surface area (Å²) in [5.41, 5.74) is 2.04. The van der Waals surface area contributed by atoms with Gasteiger partial charge in [-0.25, -0.2) is 14.5 Å². The lowest BCUT2D eigenvalue weighted by molar-refractivity contribution is -0.151. The van der Waals surface area contributed by atoms with Gasteiger partial charge in [0.2, 0.25) is 5.91 Å². The Bertz CT molecular complexity index is 1750. The summed E-state index contributed by atoms with van der Waals surface area (Å²) in [6.07, 6.45) is 1.57. The Kier molecular flexibility index (Phi) is 7.53. The van der Waals surface area contributed by atoms with E-state index in [4.69, 9.17) is 0 Å². The number of carbonyl (C=O) groups excluding carboxylic acids is 3. The molecule has 2 aliphatic rings. The number of nitrogens with one attached hydrogen (secondary N) is 3. The average Bonchev–Trinajstić information content (AvgIpc) is 3.63. The number of imidazole rings is 1. The molecule has 0 saturated carbocycles. The van der Waals surface area contributed by atoms with Gasteiger partial charge in [0.25, 0.3) is 11.8 Å². The Morgan fingerprint density at radius 1 is 1.19 bits per heavy atom. The van der Waals surface area contributed by atoms with Crippen molar-refractivity contribution in [2.75, 3.05) is 11.5 Å². The molecule has 1 fully saturated rings. The number of carboxylic acids is 1. The number of H-pyrrole nitrogens is 1. The number of aromatic nitrogens is 5. The monoisotopic (exact) mass is 620 g/mol. The van der Waals surface area contributed by atoms with Gasteiger partial charge in [-0.3, -0.25) is 19.3 Å². The first-order valence-electron chi connectivity index (χ1n) is 12.9. The van der Waals surface area contributed by atoms with Gasteiger partial charge in [-0.05, 0) is 35.4 Å².